The Balaban J connectivity index is 2.27. The van der Waals surface area contributed by atoms with E-state index in [9.17, 15) is 4.79 Å². The highest BCUT2D eigenvalue weighted by atomic mass is 16.3. The third kappa shape index (κ3) is 4.64. The number of nitrogens with zero attached hydrogens (tertiary/aromatic N) is 1. The van der Waals surface area contributed by atoms with Crippen molar-refractivity contribution < 1.29 is 9.90 Å². The Kier molecular flexibility index (Phi) is 6.52. The Morgan fingerprint density at radius 1 is 1.47 bits per heavy atom. The Labute approximate surface area is 104 Å². The first-order chi connectivity index (χ1) is 8.19. The van der Waals surface area contributed by atoms with Crippen molar-refractivity contribution in [1.29, 1.82) is 0 Å². The summed E-state index contributed by atoms with van der Waals surface area (Å²) in [5, 5.41) is 12.0. The number of amides is 1. The number of carbonyl (C=O) groups excluding carboxylic acids is 1. The lowest BCUT2D eigenvalue weighted by molar-refractivity contribution is -0.126. The van der Waals surface area contributed by atoms with Crippen LogP contribution in [0.1, 0.15) is 39.5 Å². The molecule has 1 saturated heterocycles. The summed E-state index contributed by atoms with van der Waals surface area (Å²) in [6.07, 6.45) is 4.16. The summed E-state index contributed by atoms with van der Waals surface area (Å²) < 4.78 is 0. The molecule has 1 fully saturated rings. The molecular weight excluding hydrogens is 216 g/mol. The highest BCUT2D eigenvalue weighted by molar-refractivity contribution is 5.81. The van der Waals surface area contributed by atoms with Crippen LogP contribution in [0.15, 0.2) is 0 Å². The van der Waals surface area contributed by atoms with Crippen molar-refractivity contribution in [3.05, 3.63) is 0 Å². The van der Waals surface area contributed by atoms with Crippen molar-refractivity contribution in [2.75, 3.05) is 26.2 Å². The largest absolute Gasteiger partial charge is 0.396 e. The number of rotatable bonds is 6. The van der Waals surface area contributed by atoms with Crippen molar-refractivity contribution in [1.82, 2.24) is 10.2 Å². The van der Waals surface area contributed by atoms with Crippen LogP contribution in [0.4, 0.5) is 0 Å². The maximum atomic E-state index is 11.9. The molecule has 0 aliphatic carbocycles. The van der Waals surface area contributed by atoms with Gasteiger partial charge in [0.1, 0.15) is 0 Å². The topological polar surface area (TPSA) is 52.6 Å². The second kappa shape index (κ2) is 7.67. The van der Waals surface area contributed by atoms with Gasteiger partial charge in [0.2, 0.25) is 5.91 Å². The first kappa shape index (κ1) is 14.5. The molecule has 0 aromatic rings. The van der Waals surface area contributed by atoms with Crippen molar-refractivity contribution >= 4 is 5.91 Å². The molecule has 1 aliphatic rings. The quantitative estimate of drug-likeness (QED) is 0.683. The molecule has 4 heteroatoms. The maximum absolute atomic E-state index is 11.9. The molecule has 0 aromatic carbocycles. The lowest BCUT2D eigenvalue weighted by Gasteiger charge is -2.34. The van der Waals surface area contributed by atoms with Crippen LogP contribution in [0.3, 0.4) is 0 Å². The van der Waals surface area contributed by atoms with Gasteiger partial charge in [-0.1, -0.05) is 13.3 Å². The molecule has 2 N–H and O–H groups in total. The van der Waals surface area contributed by atoms with Gasteiger partial charge in [-0.3, -0.25) is 9.69 Å². The minimum atomic E-state index is -0.0356. The Morgan fingerprint density at radius 3 is 2.65 bits per heavy atom. The number of nitrogens with one attached hydrogen (secondary N) is 1. The molecule has 0 saturated carbocycles. The van der Waals surface area contributed by atoms with Crippen LogP contribution >= 0.6 is 0 Å². The number of aliphatic hydroxyl groups excluding tert-OH is 1. The molecule has 1 heterocycles. The normalized spacial score (nSPS) is 20.2. The van der Waals surface area contributed by atoms with Gasteiger partial charge in [0, 0.05) is 13.2 Å². The predicted octanol–water partition coefficient (Wildman–Crippen LogP) is 0.995. The summed E-state index contributed by atoms with van der Waals surface area (Å²) in [5.74, 6) is 0.572. The van der Waals surface area contributed by atoms with Gasteiger partial charge in [0.05, 0.1) is 6.04 Å². The maximum Gasteiger partial charge on any atom is 0.237 e. The number of carbonyl (C=O) groups is 1. The van der Waals surface area contributed by atoms with Gasteiger partial charge in [0.25, 0.3) is 0 Å². The third-order valence-electron chi connectivity index (χ3n) is 3.66. The minimum absolute atomic E-state index is 0.0356. The zero-order valence-electron chi connectivity index (χ0n) is 11.1. The van der Waals surface area contributed by atoms with Gasteiger partial charge >= 0.3 is 0 Å². The van der Waals surface area contributed by atoms with E-state index < -0.39 is 0 Å². The smallest absolute Gasteiger partial charge is 0.237 e. The Bertz CT molecular complexity index is 225. The van der Waals surface area contributed by atoms with Gasteiger partial charge < -0.3 is 10.4 Å². The van der Waals surface area contributed by atoms with E-state index in [1.165, 1.54) is 0 Å². The summed E-state index contributed by atoms with van der Waals surface area (Å²) in [4.78, 5) is 14.1. The summed E-state index contributed by atoms with van der Waals surface area (Å²) in [6, 6.07) is -0.0356. The fourth-order valence-electron chi connectivity index (χ4n) is 2.22. The minimum Gasteiger partial charge on any atom is -0.396 e. The van der Waals surface area contributed by atoms with Crippen LogP contribution in [-0.2, 0) is 4.79 Å². The fraction of sp³-hybridized carbons (Fsp3) is 0.923. The van der Waals surface area contributed by atoms with E-state index in [-0.39, 0.29) is 18.6 Å². The molecular formula is C13H26N2O2. The average Bonchev–Trinajstić information content (AvgIpc) is 2.38. The molecule has 100 valence electrons. The molecule has 1 aliphatic heterocycles. The van der Waals surface area contributed by atoms with Crippen molar-refractivity contribution in [2.24, 2.45) is 5.92 Å². The predicted molar refractivity (Wildman–Crippen MR) is 68.8 cm³/mol. The van der Waals surface area contributed by atoms with Crippen LogP contribution in [0.5, 0.6) is 0 Å². The molecule has 1 rings (SSSR count). The second-order valence-electron chi connectivity index (χ2n) is 4.98. The summed E-state index contributed by atoms with van der Waals surface area (Å²) in [5.41, 5.74) is 0. The first-order valence-electron chi connectivity index (χ1n) is 6.81. The fourth-order valence-corrected chi connectivity index (χ4v) is 2.22. The van der Waals surface area contributed by atoms with E-state index >= 15 is 0 Å². The lowest BCUT2D eigenvalue weighted by Crippen LogP contribution is -2.48. The van der Waals surface area contributed by atoms with Crippen molar-refractivity contribution in [2.45, 2.75) is 45.6 Å². The highest BCUT2D eigenvalue weighted by Gasteiger charge is 2.25. The van der Waals surface area contributed by atoms with Gasteiger partial charge in [-0.15, -0.1) is 0 Å². The molecule has 0 aromatic heterocycles. The molecule has 17 heavy (non-hydrogen) atoms. The zero-order chi connectivity index (χ0) is 12.7. The molecule has 1 amide bonds. The van der Waals surface area contributed by atoms with Crippen LogP contribution in [-0.4, -0.2) is 48.2 Å². The molecule has 0 bridgehead atoms. The van der Waals surface area contributed by atoms with E-state index in [4.69, 9.17) is 5.11 Å². The van der Waals surface area contributed by atoms with Gasteiger partial charge in [-0.05, 0) is 45.2 Å². The number of hydrogen-bond donors (Lipinski definition) is 2. The van der Waals surface area contributed by atoms with E-state index in [1.54, 1.807) is 0 Å². The van der Waals surface area contributed by atoms with Crippen LogP contribution in [0.25, 0.3) is 0 Å². The summed E-state index contributed by atoms with van der Waals surface area (Å²) >= 11 is 0. The molecule has 1 atom stereocenters. The number of aliphatic hydroxyl groups is 1. The first-order valence-corrected chi connectivity index (χ1v) is 6.81. The van der Waals surface area contributed by atoms with E-state index in [0.29, 0.717) is 5.92 Å². The standard InChI is InChI=1S/C13H26N2O2/c1-3-4-7-14-13(17)11(2)15-8-5-12(10-16)6-9-15/h11-12,16H,3-10H2,1-2H3,(H,14,17). The summed E-state index contributed by atoms with van der Waals surface area (Å²) in [6.45, 7) is 7.01. The van der Waals surface area contributed by atoms with Gasteiger partial charge in [-0.2, -0.15) is 0 Å². The van der Waals surface area contributed by atoms with Crippen LogP contribution in [0.2, 0.25) is 0 Å². The Hall–Kier alpha value is -0.610. The lowest BCUT2D eigenvalue weighted by atomic mass is 9.97. The van der Waals surface area contributed by atoms with E-state index in [0.717, 1.165) is 45.3 Å². The van der Waals surface area contributed by atoms with E-state index in [1.807, 2.05) is 6.92 Å². The van der Waals surface area contributed by atoms with Crippen LogP contribution < -0.4 is 5.32 Å². The number of hydrogen-bond acceptors (Lipinski definition) is 3. The Morgan fingerprint density at radius 2 is 2.12 bits per heavy atom. The number of unbranched alkanes of at least 4 members (excludes halogenated alkanes) is 1. The zero-order valence-corrected chi connectivity index (χ0v) is 11.1. The number of piperidine rings is 1. The van der Waals surface area contributed by atoms with Crippen molar-refractivity contribution in [3.63, 3.8) is 0 Å². The highest BCUT2D eigenvalue weighted by Crippen LogP contribution is 2.18. The molecule has 4 nitrogen and oxygen atoms in total. The third-order valence-corrected chi connectivity index (χ3v) is 3.66. The van der Waals surface area contributed by atoms with Crippen LogP contribution in [0, 0.1) is 5.92 Å². The SMILES string of the molecule is CCCCNC(=O)C(C)N1CCC(CO)CC1. The number of likely N-dealkylation sites (tertiary alicyclic amines) is 1. The molecule has 0 spiro atoms. The summed E-state index contributed by atoms with van der Waals surface area (Å²) in [7, 11) is 0. The van der Waals surface area contributed by atoms with Crippen molar-refractivity contribution in [3.8, 4) is 0 Å². The van der Waals surface area contributed by atoms with E-state index in [2.05, 4.69) is 17.1 Å². The molecule has 0 radical (unpaired) electrons. The van der Waals surface area contributed by atoms with Gasteiger partial charge in [-0.25, -0.2) is 0 Å². The van der Waals surface area contributed by atoms with Gasteiger partial charge in [0.15, 0.2) is 0 Å². The molecule has 1 unspecified atom stereocenters. The second-order valence-corrected chi connectivity index (χ2v) is 4.98. The monoisotopic (exact) mass is 242 g/mol. The average molecular weight is 242 g/mol.